The molecule has 0 aliphatic carbocycles. The van der Waals surface area contributed by atoms with Crippen LogP contribution in [0.3, 0.4) is 0 Å². The van der Waals surface area contributed by atoms with Crippen LogP contribution in [0.25, 0.3) is 11.1 Å². The fourth-order valence-corrected chi connectivity index (χ4v) is 2.11. The van der Waals surface area contributed by atoms with Crippen molar-refractivity contribution in [3.05, 3.63) is 34.3 Å². The molecule has 0 bridgehead atoms. The standard InChI is InChI=1S/C14H18N2O3/c1-9(2)16-11-6-5-10(12(17)4-3-7-15)8-13(11)19-14(16)18/h5-6,8-9H,3-4,7,15H2,1-2H3. The van der Waals surface area contributed by atoms with E-state index in [1.807, 2.05) is 13.8 Å². The number of carbonyl (C=O) groups excluding carboxylic acids is 1. The van der Waals surface area contributed by atoms with E-state index in [1.54, 1.807) is 22.8 Å². The Balaban J connectivity index is 2.42. The molecule has 0 radical (unpaired) electrons. The lowest BCUT2D eigenvalue weighted by molar-refractivity contribution is 0.0981. The molecule has 0 aliphatic heterocycles. The van der Waals surface area contributed by atoms with Gasteiger partial charge in [0.25, 0.3) is 0 Å². The summed E-state index contributed by atoms with van der Waals surface area (Å²) in [4.78, 5) is 23.6. The first-order valence-corrected chi connectivity index (χ1v) is 6.43. The van der Waals surface area contributed by atoms with Crippen molar-refractivity contribution in [3.63, 3.8) is 0 Å². The largest absolute Gasteiger partial charge is 0.420 e. The Morgan fingerprint density at radius 3 is 2.79 bits per heavy atom. The summed E-state index contributed by atoms with van der Waals surface area (Å²) in [6.07, 6.45) is 1.07. The molecule has 2 rings (SSSR count). The highest BCUT2D eigenvalue weighted by Crippen LogP contribution is 2.19. The van der Waals surface area contributed by atoms with E-state index in [9.17, 15) is 9.59 Å². The van der Waals surface area contributed by atoms with Gasteiger partial charge in [0.2, 0.25) is 0 Å². The topological polar surface area (TPSA) is 78.2 Å². The lowest BCUT2D eigenvalue weighted by Gasteiger charge is -2.05. The van der Waals surface area contributed by atoms with Gasteiger partial charge in [0.05, 0.1) is 5.52 Å². The maximum Gasteiger partial charge on any atom is 0.420 e. The van der Waals surface area contributed by atoms with Crippen molar-refractivity contribution in [1.82, 2.24) is 4.57 Å². The van der Waals surface area contributed by atoms with E-state index in [0.717, 1.165) is 5.52 Å². The van der Waals surface area contributed by atoms with Gasteiger partial charge < -0.3 is 10.2 Å². The summed E-state index contributed by atoms with van der Waals surface area (Å²) in [7, 11) is 0. The van der Waals surface area contributed by atoms with Crippen molar-refractivity contribution in [2.75, 3.05) is 6.54 Å². The molecular formula is C14H18N2O3. The number of fused-ring (bicyclic) bond motifs is 1. The first-order chi connectivity index (χ1) is 9.04. The Morgan fingerprint density at radius 2 is 2.16 bits per heavy atom. The summed E-state index contributed by atoms with van der Waals surface area (Å²) in [6, 6.07) is 5.15. The quantitative estimate of drug-likeness (QED) is 0.837. The molecular weight excluding hydrogens is 244 g/mol. The van der Waals surface area contributed by atoms with Crippen LogP contribution in [-0.4, -0.2) is 16.9 Å². The van der Waals surface area contributed by atoms with Gasteiger partial charge >= 0.3 is 5.76 Å². The molecule has 5 nitrogen and oxygen atoms in total. The molecule has 5 heteroatoms. The van der Waals surface area contributed by atoms with E-state index in [1.165, 1.54) is 0 Å². The number of hydrogen-bond acceptors (Lipinski definition) is 4. The third-order valence-electron chi connectivity index (χ3n) is 3.06. The van der Waals surface area contributed by atoms with Gasteiger partial charge in [-0.15, -0.1) is 0 Å². The van der Waals surface area contributed by atoms with Crippen molar-refractivity contribution < 1.29 is 9.21 Å². The monoisotopic (exact) mass is 262 g/mol. The summed E-state index contributed by atoms with van der Waals surface area (Å²) < 4.78 is 6.76. The maximum atomic E-state index is 11.9. The van der Waals surface area contributed by atoms with Crippen LogP contribution >= 0.6 is 0 Å². The molecule has 1 heterocycles. The van der Waals surface area contributed by atoms with Crippen LogP contribution in [0.2, 0.25) is 0 Å². The molecule has 1 aromatic heterocycles. The average molecular weight is 262 g/mol. The number of oxazole rings is 1. The highest BCUT2D eigenvalue weighted by atomic mass is 16.4. The fraction of sp³-hybridized carbons (Fsp3) is 0.429. The number of Topliss-reactive ketones (excluding diaryl/α,β-unsaturated/α-hetero) is 1. The predicted molar refractivity (Wildman–Crippen MR) is 73.5 cm³/mol. The smallest absolute Gasteiger partial charge is 0.408 e. The summed E-state index contributed by atoms with van der Waals surface area (Å²) in [5.41, 5.74) is 7.12. The SMILES string of the molecule is CC(C)n1c(=O)oc2cc(C(=O)CCCN)ccc21. The number of aromatic nitrogens is 1. The lowest BCUT2D eigenvalue weighted by atomic mass is 10.1. The summed E-state index contributed by atoms with van der Waals surface area (Å²) >= 11 is 0. The molecule has 102 valence electrons. The number of nitrogens with zero attached hydrogens (tertiary/aromatic N) is 1. The van der Waals surface area contributed by atoms with Crippen LogP contribution in [0, 0.1) is 0 Å². The average Bonchev–Trinajstić information content (AvgIpc) is 2.70. The predicted octanol–water partition coefficient (Wildman–Crippen LogP) is 2.10. The Kier molecular flexibility index (Phi) is 3.85. The van der Waals surface area contributed by atoms with Crippen molar-refractivity contribution in [3.8, 4) is 0 Å². The van der Waals surface area contributed by atoms with Crippen molar-refractivity contribution in [2.45, 2.75) is 32.7 Å². The van der Waals surface area contributed by atoms with E-state index in [4.69, 9.17) is 10.2 Å². The zero-order valence-corrected chi connectivity index (χ0v) is 11.2. The lowest BCUT2D eigenvalue weighted by Crippen LogP contribution is -2.15. The van der Waals surface area contributed by atoms with Gasteiger partial charge in [0, 0.05) is 18.0 Å². The molecule has 0 amide bonds. The Bertz CT molecular complexity index is 652. The van der Waals surface area contributed by atoms with Crippen LogP contribution in [0.15, 0.2) is 27.4 Å². The number of ketones is 1. The fourth-order valence-electron chi connectivity index (χ4n) is 2.11. The van der Waals surface area contributed by atoms with Gasteiger partial charge in [-0.2, -0.15) is 0 Å². The van der Waals surface area contributed by atoms with Crippen LogP contribution < -0.4 is 11.5 Å². The maximum absolute atomic E-state index is 11.9. The van der Waals surface area contributed by atoms with Gasteiger partial charge in [0.1, 0.15) is 0 Å². The highest BCUT2D eigenvalue weighted by molar-refractivity contribution is 5.98. The third-order valence-corrected chi connectivity index (χ3v) is 3.06. The number of benzene rings is 1. The summed E-state index contributed by atoms with van der Waals surface area (Å²) in [5, 5.41) is 0. The Hall–Kier alpha value is -1.88. The molecule has 0 fully saturated rings. The molecule has 19 heavy (non-hydrogen) atoms. The molecule has 2 aromatic rings. The van der Waals surface area contributed by atoms with Gasteiger partial charge in [-0.3, -0.25) is 9.36 Å². The second-order valence-corrected chi connectivity index (χ2v) is 4.83. The second-order valence-electron chi connectivity index (χ2n) is 4.83. The highest BCUT2D eigenvalue weighted by Gasteiger charge is 2.14. The van der Waals surface area contributed by atoms with Gasteiger partial charge in [-0.1, -0.05) is 0 Å². The van der Waals surface area contributed by atoms with Crippen molar-refractivity contribution in [2.24, 2.45) is 5.73 Å². The van der Waals surface area contributed by atoms with Crippen molar-refractivity contribution in [1.29, 1.82) is 0 Å². The van der Waals surface area contributed by atoms with Crippen LogP contribution in [-0.2, 0) is 0 Å². The minimum atomic E-state index is -0.392. The molecule has 0 saturated carbocycles. The van der Waals surface area contributed by atoms with Crippen LogP contribution in [0.5, 0.6) is 0 Å². The molecule has 0 saturated heterocycles. The van der Waals surface area contributed by atoms with Gasteiger partial charge in [0.15, 0.2) is 11.4 Å². The first kappa shape index (κ1) is 13.5. The van der Waals surface area contributed by atoms with E-state index in [2.05, 4.69) is 0 Å². The number of carbonyl (C=O) groups is 1. The minimum absolute atomic E-state index is 0.0206. The second kappa shape index (κ2) is 5.40. The molecule has 0 unspecified atom stereocenters. The van der Waals surface area contributed by atoms with E-state index in [-0.39, 0.29) is 11.8 Å². The first-order valence-electron chi connectivity index (χ1n) is 6.43. The number of hydrogen-bond donors (Lipinski definition) is 1. The summed E-state index contributed by atoms with van der Waals surface area (Å²) in [5.74, 6) is -0.371. The zero-order valence-electron chi connectivity index (χ0n) is 11.2. The van der Waals surface area contributed by atoms with Crippen molar-refractivity contribution >= 4 is 16.9 Å². The summed E-state index contributed by atoms with van der Waals surface area (Å²) in [6.45, 7) is 4.32. The van der Waals surface area contributed by atoms with E-state index in [0.29, 0.717) is 30.5 Å². The van der Waals surface area contributed by atoms with E-state index < -0.39 is 5.76 Å². The number of rotatable bonds is 5. The zero-order chi connectivity index (χ0) is 14.0. The third kappa shape index (κ3) is 2.61. The van der Waals surface area contributed by atoms with Crippen LogP contribution in [0.1, 0.15) is 43.1 Å². The molecule has 0 aliphatic rings. The molecule has 0 spiro atoms. The Morgan fingerprint density at radius 1 is 1.42 bits per heavy atom. The molecule has 2 N–H and O–H groups in total. The minimum Gasteiger partial charge on any atom is -0.408 e. The Labute approximate surface area is 111 Å². The van der Waals surface area contributed by atoms with Crippen LogP contribution in [0.4, 0.5) is 0 Å². The molecule has 0 atom stereocenters. The van der Waals surface area contributed by atoms with E-state index >= 15 is 0 Å². The normalized spacial score (nSPS) is 11.4. The van der Waals surface area contributed by atoms with Gasteiger partial charge in [-0.25, -0.2) is 4.79 Å². The van der Waals surface area contributed by atoms with Gasteiger partial charge in [-0.05, 0) is 45.0 Å². The molecule has 1 aromatic carbocycles. The number of nitrogens with two attached hydrogens (primary N) is 1.